The van der Waals surface area contributed by atoms with Gasteiger partial charge in [-0.15, -0.1) is 11.3 Å². The largest absolute Gasteiger partial charge is 0.451 e. The van der Waals surface area contributed by atoms with Crippen molar-refractivity contribution in [2.24, 2.45) is 0 Å². The van der Waals surface area contributed by atoms with Crippen LogP contribution >= 0.6 is 22.9 Å². The van der Waals surface area contributed by atoms with Crippen LogP contribution in [0.4, 0.5) is 0 Å². The second kappa shape index (κ2) is 8.07. The lowest BCUT2D eigenvalue weighted by Crippen LogP contribution is -2.36. The summed E-state index contributed by atoms with van der Waals surface area (Å²) in [5, 5.41) is 5.88. The van der Waals surface area contributed by atoms with E-state index in [9.17, 15) is 9.59 Å². The average Bonchev–Trinajstić information content (AvgIpc) is 3.38. The number of nitrogens with zero attached hydrogens (tertiary/aromatic N) is 1. The standard InChI is InChI=1S/C21H21ClN2O3S/c1-13-9-18-14(10-15(13)22)17(25)11-19(27-18)21(26)23-12-16(20-5-4-8-28-20)24-6-2-3-7-24/h4-5,8-11,16H,2-3,6-7,12H2,1H3,(H,23,26)/t16-/m1/s1. The minimum Gasteiger partial charge on any atom is -0.451 e. The third kappa shape index (κ3) is 3.85. The van der Waals surface area contributed by atoms with Gasteiger partial charge in [-0.25, -0.2) is 0 Å². The highest BCUT2D eigenvalue weighted by molar-refractivity contribution is 7.10. The van der Waals surface area contributed by atoms with Gasteiger partial charge in [-0.2, -0.15) is 0 Å². The molecular formula is C21H21ClN2O3S. The first-order valence-electron chi connectivity index (χ1n) is 9.32. The van der Waals surface area contributed by atoms with Crippen molar-refractivity contribution in [3.8, 4) is 0 Å². The number of benzene rings is 1. The molecule has 1 aliphatic rings. The number of fused-ring (bicyclic) bond motifs is 1. The van der Waals surface area contributed by atoms with Crippen LogP contribution in [-0.2, 0) is 0 Å². The molecular weight excluding hydrogens is 396 g/mol. The van der Waals surface area contributed by atoms with Crippen LogP contribution in [0.5, 0.6) is 0 Å². The van der Waals surface area contributed by atoms with Crippen molar-refractivity contribution in [1.82, 2.24) is 10.2 Å². The molecule has 146 valence electrons. The Morgan fingerprint density at radius 1 is 1.32 bits per heavy atom. The number of nitrogens with one attached hydrogen (secondary N) is 1. The lowest BCUT2D eigenvalue weighted by molar-refractivity contribution is 0.0911. The van der Waals surface area contributed by atoms with E-state index in [2.05, 4.69) is 21.7 Å². The molecule has 1 fully saturated rings. The minimum absolute atomic E-state index is 0.0190. The summed E-state index contributed by atoms with van der Waals surface area (Å²) in [7, 11) is 0. The zero-order chi connectivity index (χ0) is 19.7. The second-order valence-corrected chi connectivity index (χ2v) is 8.44. The fourth-order valence-corrected chi connectivity index (χ4v) is 4.63. The molecule has 0 unspecified atom stereocenters. The van der Waals surface area contributed by atoms with E-state index in [-0.39, 0.29) is 23.1 Å². The highest BCUT2D eigenvalue weighted by Crippen LogP contribution is 2.28. The lowest BCUT2D eigenvalue weighted by atomic mass is 10.1. The zero-order valence-electron chi connectivity index (χ0n) is 15.5. The van der Waals surface area contributed by atoms with E-state index < -0.39 is 0 Å². The Hall–Kier alpha value is -2.15. The number of carbonyl (C=O) groups is 1. The van der Waals surface area contributed by atoms with Gasteiger partial charge in [0.25, 0.3) is 5.91 Å². The van der Waals surface area contributed by atoms with E-state index in [0.717, 1.165) is 18.7 Å². The molecule has 0 aliphatic carbocycles. The van der Waals surface area contributed by atoms with Gasteiger partial charge < -0.3 is 9.73 Å². The van der Waals surface area contributed by atoms with Crippen molar-refractivity contribution in [2.75, 3.05) is 19.6 Å². The smallest absolute Gasteiger partial charge is 0.287 e. The highest BCUT2D eigenvalue weighted by atomic mass is 35.5. The molecule has 1 atom stereocenters. The number of amides is 1. The van der Waals surface area contributed by atoms with Gasteiger partial charge in [0, 0.05) is 22.5 Å². The van der Waals surface area contributed by atoms with Crippen LogP contribution < -0.4 is 10.7 Å². The normalized spacial score (nSPS) is 15.8. The average molecular weight is 417 g/mol. The molecule has 0 radical (unpaired) electrons. The van der Waals surface area contributed by atoms with E-state index in [1.807, 2.05) is 13.0 Å². The molecule has 1 aliphatic heterocycles. The lowest BCUT2D eigenvalue weighted by Gasteiger charge is -2.26. The Morgan fingerprint density at radius 2 is 2.11 bits per heavy atom. The Labute approximate surface area is 171 Å². The van der Waals surface area contributed by atoms with Gasteiger partial charge in [0.05, 0.1) is 11.4 Å². The number of rotatable bonds is 5. The predicted molar refractivity (Wildman–Crippen MR) is 112 cm³/mol. The van der Waals surface area contributed by atoms with E-state index in [4.69, 9.17) is 16.0 Å². The monoisotopic (exact) mass is 416 g/mol. The number of aryl methyl sites for hydroxylation is 1. The number of halogens is 1. The first kappa shape index (κ1) is 19.2. The highest BCUT2D eigenvalue weighted by Gasteiger charge is 2.25. The van der Waals surface area contributed by atoms with Crippen molar-refractivity contribution in [3.05, 3.63) is 67.2 Å². The van der Waals surface area contributed by atoms with Crippen molar-refractivity contribution in [1.29, 1.82) is 0 Å². The van der Waals surface area contributed by atoms with Crippen LogP contribution in [-0.4, -0.2) is 30.4 Å². The quantitative estimate of drug-likeness (QED) is 0.670. The third-order valence-corrected chi connectivity index (χ3v) is 6.52. The van der Waals surface area contributed by atoms with Gasteiger partial charge in [0.2, 0.25) is 0 Å². The minimum atomic E-state index is -0.382. The fourth-order valence-electron chi connectivity index (χ4n) is 3.61. The van der Waals surface area contributed by atoms with E-state index in [1.54, 1.807) is 23.5 Å². The van der Waals surface area contributed by atoms with Crippen LogP contribution in [0.3, 0.4) is 0 Å². The molecule has 1 saturated heterocycles. The Balaban J connectivity index is 1.55. The van der Waals surface area contributed by atoms with Crippen molar-refractivity contribution >= 4 is 39.8 Å². The van der Waals surface area contributed by atoms with E-state index in [0.29, 0.717) is 22.5 Å². The molecule has 28 heavy (non-hydrogen) atoms. The molecule has 4 rings (SSSR count). The van der Waals surface area contributed by atoms with Crippen molar-refractivity contribution in [2.45, 2.75) is 25.8 Å². The third-order valence-electron chi connectivity index (χ3n) is 5.14. The van der Waals surface area contributed by atoms with Crippen LogP contribution in [0.2, 0.25) is 5.02 Å². The molecule has 1 aromatic carbocycles. The number of hydrogen-bond acceptors (Lipinski definition) is 5. The number of likely N-dealkylation sites (tertiary alicyclic amines) is 1. The number of thiophene rings is 1. The van der Waals surface area contributed by atoms with Gasteiger partial charge >= 0.3 is 0 Å². The van der Waals surface area contributed by atoms with Crippen LogP contribution in [0, 0.1) is 6.92 Å². The maximum absolute atomic E-state index is 12.7. The fraction of sp³-hybridized carbons (Fsp3) is 0.333. The molecule has 0 saturated carbocycles. The van der Waals surface area contributed by atoms with Gasteiger partial charge in [0.1, 0.15) is 5.58 Å². The Kier molecular flexibility index (Phi) is 5.53. The van der Waals surface area contributed by atoms with Gasteiger partial charge in [0.15, 0.2) is 11.2 Å². The SMILES string of the molecule is Cc1cc2oc(C(=O)NC[C@H](c3cccs3)N3CCCC3)cc(=O)c2cc1Cl. The van der Waals surface area contributed by atoms with Gasteiger partial charge in [-0.1, -0.05) is 17.7 Å². The van der Waals surface area contributed by atoms with Crippen molar-refractivity contribution in [3.63, 3.8) is 0 Å². The van der Waals surface area contributed by atoms with Crippen LogP contribution in [0.25, 0.3) is 11.0 Å². The molecule has 7 heteroatoms. The molecule has 3 aromatic rings. The first-order chi connectivity index (χ1) is 13.5. The summed E-state index contributed by atoms with van der Waals surface area (Å²) in [5.41, 5.74) is 0.887. The van der Waals surface area contributed by atoms with Crippen LogP contribution in [0.15, 0.2) is 44.9 Å². The van der Waals surface area contributed by atoms with Crippen LogP contribution in [0.1, 0.15) is 39.9 Å². The summed E-state index contributed by atoms with van der Waals surface area (Å²) < 4.78 is 5.71. The zero-order valence-corrected chi connectivity index (χ0v) is 17.1. The van der Waals surface area contributed by atoms with Crippen molar-refractivity contribution < 1.29 is 9.21 Å². The molecule has 1 N–H and O–H groups in total. The number of hydrogen-bond donors (Lipinski definition) is 1. The maximum Gasteiger partial charge on any atom is 0.287 e. The molecule has 0 bridgehead atoms. The van der Waals surface area contributed by atoms with Gasteiger partial charge in [-0.05, 0) is 62.0 Å². The van der Waals surface area contributed by atoms with Gasteiger partial charge in [-0.3, -0.25) is 14.5 Å². The van der Waals surface area contributed by atoms with E-state index in [1.165, 1.54) is 23.8 Å². The first-order valence-corrected chi connectivity index (χ1v) is 10.6. The Bertz CT molecular complexity index is 1060. The predicted octanol–water partition coefficient (Wildman–Crippen LogP) is 4.38. The topological polar surface area (TPSA) is 62.6 Å². The summed E-state index contributed by atoms with van der Waals surface area (Å²) in [6.07, 6.45) is 2.36. The summed E-state index contributed by atoms with van der Waals surface area (Å²) in [4.78, 5) is 28.7. The summed E-state index contributed by atoms with van der Waals surface area (Å²) in [6.45, 7) is 4.37. The molecule has 3 heterocycles. The second-order valence-electron chi connectivity index (χ2n) is 7.06. The Morgan fingerprint density at radius 3 is 2.82 bits per heavy atom. The van der Waals surface area contributed by atoms with E-state index >= 15 is 0 Å². The molecule has 5 nitrogen and oxygen atoms in total. The molecule has 0 spiro atoms. The number of carbonyl (C=O) groups excluding carboxylic acids is 1. The summed E-state index contributed by atoms with van der Waals surface area (Å²) in [6, 6.07) is 8.77. The molecule has 2 aromatic heterocycles. The summed E-state index contributed by atoms with van der Waals surface area (Å²) in [5.74, 6) is -0.363. The molecule has 1 amide bonds. The summed E-state index contributed by atoms with van der Waals surface area (Å²) >= 11 is 7.79. The maximum atomic E-state index is 12.7.